The normalized spacial score (nSPS) is 19.6. The fourth-order valence-corrected chi connectivity index (χ4v) is 7.61. The number of carbonyl (C=O) groups is 3. The molecule has 282 valence electrons. The van der Waals surface area contributed by atoms with Gasteiger partial charge in [-0.25, -0.2) is 9.97 Å². The van der Waals surface area contributed by atoms with E-state index >= 15 is 0 Å². The molecule has 1 aromatic carbocycles. The summed E-state index contributed by atoms with van der Waals surface area (Å²) in [6, 6.07) is 3.88. The molecule has 2 N–H and O–H groups in total. The molecule has 2 saturated heterocycles. The van der Waals surface area contributed by atoms with Crippen LogP contribution in [0, 0.1) is 11.8 Å². The Hall–Kier alpha value is -4.37. The van der Waals surface area contributed by atoms with E-state index in [1.54, 1.807) is 26.2 Å². The lowest BCUT2D eigenvalue weighted by Crippen LogP contribution is -2.47. The number of fused-ring (bicyclic) bond motifs is 5. The van der Waals surface area contributed by atoms with E-state index in [1.807, 2.05) is 17.0 Å². The smallest absolute Gasteiger partial charge is 0.242 e. The molecule has 15 nitrogen and oxygen atoms in total. The van der Waals surface area contributed by atoms with Crippen molar-refractivity contribution < 1.29 is 33.3 Å². The molecule has 2 fully saturated rings. The first-order valence-electron chi connectivity index (χ1n) is 18.1. The molecular weight excluding hydrogens is 692 g/mol. The molecule has 52 heavy (non-hydrogen) atoms. The summed E-state index contributed by atoms with van der Waals surface area (Å²) >= 11 is 5.93. The van der Waals surface area contributed by atoms with E-state index < -0.39 is 0 Å². The van der Waals surface area contributed by atoms with Crippen molar-refractivity contribution >= 4 is 46.0 Å². The van der Waals surface area contributed by atoms with E-state index in [9.17, 15) is 14.4 Å². The Kier molecular flexibility index (Phi) is 12.5. The highest BCUT2D eigenvalue weighted by molar-refractivity contribution is 6.28. The molecular formula is C36H49ClN8O7. The summed E-state index contributed by atoms with van der Waals surface area (Å²) in [5.74, 6) is 2.54. The highest BCUT2D eigenvalue weighted by Crippen LogP contribution is 2.44. The van der Waals surface area contributed by atoms with Crippen LogP contribution >= 0.6 is 11.6 Å². The predicted molar refractivity (Wildman–Crippen MR) is 194 cm³/mol. The molecule has 3 amide bonds. The summed E-state index contributed by atoms with van der Waals surface area (Å²) in [5, 5.41) is 10.6. The van der Waals surface area contributed by atoms with Gasteiger partial charge in [-0.2, -0.15) is 0 Å². The van der Waals surface area contributed by atoms with Crippen molar-refractivity contribution in [1.82, 2.24) is 35.3 Å². The number of carbonyl (C=O) groups excluding carboxylic acids is 3. The SMILES string of the molecule is COc1cc2nc3c(cc2c(OC)c1OC)CN(C(=O)CCc1nc(Cl)n[nH]1)CCCCN(C(=O)C1CCOCC1)CC(=O)NCC1CCCN3C1. The van der Waals surface area contributed by atoms with Crippen molar-refractivity contribution in [2.75, 3.05) is 78.7 Å². The second-order valence-corrected chi connectivity index (χ2v) is 14.0. The molecule has 0 aliphatic carbocycles. The maximum atomic E-state index is 14.0. The molecule has 5 heterocycles. The monoisotopic (exact) mass is 740 g/mol. The summed E-state index contributed by atoms with van der Waals surface area (Å²) in [5.41, 5.74) is 1.54. The van der Waals surface area contributed by atoms with Crippen molar-refractivity contribution in [2.24, 2.45) is 11.8 Å². The molecule has 6 rings (SSSR count). The number of rotatable bonds is 7. The summed E-state index contributed by atoms with van der Waals surface area (Å²) in [6.45, 7) is 4.19. The number of nitrogens with zero attached hydrogens (tertiary/aromatic N) is 6. The molecule has 3 aliphatic rings. The van der Waals surface area contributed by atoms with E-state index in [0.29, 0.717) is 107 Å². The number of H-pyrrole nitrogens is 1. The van der Waals surface area contributed by atoms with Crippen molar-refractivity contribution in [1.29, 1.82) is 0 Å². The van der Waals surface area contributed by atoms with Gasteiger partial charge in [-0.3, -0.25) is 19.5 Å². The van der Waals surface area contributed by atoms with Crippen LogP contribution in [-0.4, -0.2) is 121 Å². The van der Waals surface area contributed by atoms with Crippen LogP contribution in [0.1, 0.15) is 56.3 Å². The topological polar surface area (TPSA) is 164 Å². The third kappa shape index (κ3) is 8.80. The van der Waals surface area contributed by atoms with Crippen LogP contribution in [0.4, 0.5) is 5.82 Å². The lowest BCUT2D eigenvalue weighted by molar-refractivity contribution is -0.142. The Balaban J connectivity index is 1.36. The van der Waals surface area contributed by atoms with Gasteiger partial charge in [0.2, 0.25) is 28.8 Å². The molecule has 2 aromatic heterocycles. The van der Waals surface area contributed by atoms with Gasteiger partial charge < -0.3 is 39.0 Å². The van der Waals surface area contributed by atoms with Gasteiger partial charge >= 0.3 is 0 Å². The third-order valence-corrected chi connectivity index (χ3v) is 10.4. The maximum Gasteiger partial charge on any atom is 0.242 e. The highest BCUT2D eigenvalue weighted by Gasteiger charge is 2.30. The van der Waals surface area contributed by atoms with Gasteiger partial charge in [-0.05, 0) is 62.1 Å². The first-order chi connectivity index (χ1) is 25.3. The van der Waals surface area contributed by atoms with Crippen LogP contribution < -0.4 is 24.4 Å². The number of aromatic nitrogens is 4. The molecule has 3 aliphatic heterocycles. The molecule has 0 saturated carbocycles. The Morgan fingerprint density at radius 2 is 1.71 bits per heavy atom. The average molecular weight is 741 g/mol. The molecule has 3 aromatic rings. The zero-order chi connectivity index (χ0) is 36.6. The Labute approximate surface area is 308 Å². The molecule has 0 spiro atoms. The minimum Gasteiger partial charge on any atom is -0.493 e. The van der Waals surface area contributed by atoms with Gasteiger partial charge in [-0.15, -0.1) is 5.10 Å². The van der Waals surface area contributed by atoms with Gasteiger partial charge in [0.1, 0.15) is 11.6 Å². The number of anilines is 1. The van der Waals surface area contributed by atoms with Crippen LogP contribution in [0.25, 0.3) is 10.9 Å². The molecule has 16 heteroatoms. The summed E-state index contributed by atoms with van der Waals surface area (Å²) in [4.78, 5) is 56.2. The van der Waals surface area contributed by atoms with Gasteiger partial charge in [0, 0.05) is 88.3 Å². The van der Waals surface area contributed by atoms with E-state index in [2.05, 4.69) is 25.4 Å². The number of nitrogens with one attached hydrogen (secondary N) is 2. The predicted octanol–water partition coefficient (Wildman–Crippen LogP) is 3.38. The number of methoxy groups -OCH3 is 3. The minimum atomic E-state index is -0.161. The average Bonchev–Trinajstić information content (AvgIpc) is 3.60. The fraction of sp³-hybridized carbons (Fsp3) is 0.611. The second-order valence-electron chi connectivity index (χ2n) is 13.7. The van der Waals surface area contributed by atoms with Gasteiger partial charge in [0.05, 0.1) is 33.4 Å². The van der Waals surface area contributed by atoms with Crippen LogP contribution in [0.5, 0.6) is 17.2 Å². The van der Waals surface area contributed by atoms with Crippen molar-refractivity contribution in [3.8, 4) is 17.2 Å². The number of ether oxygens (including phenoxy) is 4. The van der Waals surface area contributed by atoms with Crippen molar-refractivity contribution in [2.45, 2.75) is 57.9 Å². The number of amides is 3. The van der Waals surface area contributed by atoms with Crippen LogP contribution in [-0.2, 0) is 32.1 Å². The number of aryl methyl sites for hydroxylation is 1. The lowest BCUT2D eigenvalue weighted by Gasteiger charge is -2.36. The molecule has 2 bridgehead atoms. The summed E-state index contributed by atoms with van der Waals surface area (Å²) < 4.78 is 22.7. The Bertz CT molecular complexity index is 1730. The van der Waals surface area contributed by atoms with Gasteiger partial charge in [-0.1, -0.05) is 0 Å². The number of aromatic amines is 1. The first kappa shape index (κ1) is 37.4. The van der Waals surface area contributed by atoms with E-state index in [1.165, 1.54) is 0 Å². The van der Waals surface area contributed by atoms with Gasteiger partial charge in [0.15, 0.2) is 11.5 Å². The Morgan fingerprint density at radius 1 is 0.942 bits per heavy atom. The number of hydrogen-bond acceptors (Lipinski definition) is 11. The molecule has 1 atom stereocenters. The quantitative estimate of drug-likeness (QED) is 0.365. The largest absolute Gasteiger partial charge is 0.493 e. The highest BCUT2D eigenvalue weighted by atomic mass is 35.5. The number of benzene rings is 1. The minimum absolute atomic E-state index is 0.00468. The fourth-order valence-electron chi connectivity index (χ4n) is 7.46. The number of piperidine rings is 1. The van der Waals surface area contributed by atoms with Crippen LogP contribution in [0.2, 0.25) is 5.28 Å². The third-order valence-electron chi connectivity index (χ3n) is 10.2. The number of hydrogen-bond donors (Lipinski definition) is 2. The van der Waals surface area contributed by atoms with Crippen molar-refractivity contribution in [3.63, 3.8) is 0 Å². The van der Waals surface area contributed by atoms with E-state index in [0.717, 1.165) is 36.2 Å². The number of pyridine rings is 1. The molecule has 0 radical (unpaired) electrons. The summed E-state index contributed by atoms with van der Waals surface area (Å²) in [6.07, 6.45) is 4.93. The summed E-state index contributed by atoms with van der Waals surface area (Å²) in [7, 11) is 4.73. The Morgan fingerprint density at radius 3 is 2.42 bits per heavy atom. The number of halogens is 1. The standard InChI is InChI=1S/C36H49ClN8O7/c1-49-28-18-27-26(32(50-2)33(28)51-3)17-25-21-43(31(47)9-8-29-40-36(37)42-41-29)12-4-5-13-45(35(48)24-10-15-52-16-11-24)22-30(46)38-19-23-7-6-14-44(20-23)34(25)39-27/h17-18,23-24H,4-16,19-22H2,1-3H3,(H,38,46)(H,40,41,42). The second kappa shape index (κ2) is 17.4. The van der Waals surface area contributed by atoms with Crippen molar-refractivity contribution in [3.05, 3.63) is 28.8 Å². The van der Waals surface area contributed by atoms with Gasteiger partial charge in [0.25, 0.3) is 0 Å². The van der Waals surface area contributed by atoms with E-state index in [-0.39, 0.29) is 47.8 Å². The molecule has 1 unspecified atom stereocenters. The zero-order valence-electron chi connectivity index (χ0n) is 30.2. The van der Waals surface area contributed by atoms with E-state index in [4.69, 9.17) is 35.5 Å². The van der Waals surface area contributed by atoms with Crippen LogP contribution in [0.15, 0.2) is 12.1 Å². The zero-order valence-corrected chi connectivity index (χ0v) is 31.0. The lowest BCUT2D eigenvalue weighted by atomic mass is 9.97. The van der Waals surface area contributed by atoms with Crippen LogP contribution in [0.3, 0.4) is 0 Å². The first-order valence-corrected chi connectivity index (χ1v) is 18.5. The maximum absolute atomic E-state index is 14.0.